The summed E-state index contributed by atoms with van der Waals surface area (Å²) in [4.78, 5) is 15.7. The van der Waals surface area contributed by atoms with Crippen molar-refractivity contribution in [2.24, 2.45) is 0 Å². The van der Waals surface area contributed by atoms with Crippen LogP contribution < -0.4 is 10.9 Å². The first kappa shape index (κ1) is 20.3. The Labute approximate surface area is 164 Å². The van der Waals surface area contributed by atoms with Gasteiger partial charge in [-0.25, -0.2) is 0 Å². The second-order valence-electron chi connectivity index (χ2n) is 6.43. The smallest absolute Gasteiger partial charge is 0.357 e. The van der Waals surface area contributed by atoms with E-state index in [2.05, 4.69) is 10.3 Å². The molecule has 1 atom stereocenters. The molecule has 0 saturated carbocycles. The zero-order chi connectivity index (χ0) is 20.1. The fourth-order valence-electron chi connectivity index (χ4n) is 3.13. The highest BCUT2D eigenvalue weighted by atomic mass is 31.2. The minimum Gasteiger partial charge on any atom is -0.368 e. The predicted molar refractivity (Wildman–Crippen MR) is 113 cm³/mol. The molecule has 0 aliphatic carbocycles. The maximum absolute atomic E-state index is 13.6. The Morgan fingerprint density at radius 1 is 1.04 bits per heavy atom. The van der Waals surface area contributed by atoms with Crippen molar-refractivity contribution in [2.75, 3.05) is 18.5 Å². The fourth-order valence-corrected chi connectivity index (χ4v) is 5.07. The van der Waals surface area contributed by atoms with Gasteiger partial charge in [-0.05, 0) is 56.0 Å². The molecule has 1 aromatic heterocycles. The van der Waals surface area contributed by atoms with Crippen molar-refractivity contribution in [1.29, 1.82) is 0 Å². The van der Waals surface area contributed by atoms with Gasteiger partial charge in [0, 0.05) is 11.2 Å². The standard InChI is InChI=1S/C21H25N2O4P/c1-4-26-28(25,27-5-2)21(22-17-11-8-9-15(3)13-17)18-14-16-10-6-7-12-19(16)23-20(18)24/h6-14,21-22H,4-5H2,1-3H3,(H,23,24). The summed E-state index contributed by atoms with van der Waals surface area (Å²) in [6.07, 6.45) is 0. The first-order valence-corrected chi connectivity index (χ1v) is 10.9. The molecule has 1 unspecified atom stereocenters. The average Bonchev–Trinajstić information content (AvgIpc) is 2.66. The largest absolute Gasteiger partial charge is 0.368 e. The van der Waals surface area contributed by atoms with Crippen molar-refractivity contribution in [1.82, 2.24) is 4.98 Å². The number of aryl methyl sites for hydroxylation is 1. The van der Waals surface area contributed by atoms with Crippen LogP contribution in [0.25, 0.3) is 10.9 Å². The summed E-state index contributed by atoms with van der Waals surface area (Å²) >= 11 is 0. The maximum atomic E-state index is 13.6. The normalized spacial score (nSPS) is 12.8. The third kappa shape index (κ3) is 4.36. The van der Waals surface area contributed by atoms with E-state index >= 15 is 0 Å². The second-order valence-corrected chi connectivity index (χ2v) is 8.55. The Hall–Kier alpha value is -2.40. The Balaban J connectivity index is 2.16. The molecule has 0 saturated heterocycles. The van der Waals surface area contributed by atoms with Gasteiger partial charge >= 0.3 is 7.60 Å². The highest BCUT2D eigenvalue weighted by Gasteiger charge is 2.39. The van der Waals surface area contributed by atoms with Crippen molar-refractivity contribution in [3.05, 3.63) is 76.1 Å². The predicted octanol–water partition coefficient (Wildman–Crippen LogP) is 5.21. The summed E-state index contributed by atoms with van der Waals surface area (Å²) in [5.74, 6) is -0.942. The fraction of sp³-hybridized carbons (Fsp3) is 0.286. The van der Waals surface area contributed by atoms with E-state index in [1.54, 1.807) is 19.9 Å². The van der Waals surface area contributed by atoms with Gasteiger partial charge in [-0.1, -0.05) is 30.3 Å². The summed E-state index contributed by atoms with van der Waals surface area (Å²) in [5, 5.41) is 4.06. The summed E-state index contributed by atoms with van der Waals surface area (Å²) < 4.78 is 24.8. The Morgan fingerprint density at radius 3 is 2.43 bits per heavy atom. The number of rotatable bonds is 8. The number of hydrogen-bond acceptors (Lipinski definition) is 5. The van der Waals surface area contributed by atoms with Crippen molar-refractivity contribution in [3.63, 3.8) is 0 Å². The van der Waals surface area contributed by atoms with Gasteiger partial charge in [0.1, 0.15) is 0 Å². The molecule has 148 valence electrons. The third-order valence-electron chi connectivity index (χ3n) is 4.33. The van der Waals surface area contributed by atoms with E-state index in [-0.39, 0.29) is 18.8 Å². The lowest BCUT2D eigenvalue weighted by atomic mass is 10.1. The van der Waals surface area contributed by atoms with Crippen LogP contribution in [-0.2, 0) is 13.6 Å². The van der Waals surface area contributed by atoms with Crippen molar-refractivity contribution >= 4 is 24.2 Å². The first-order chi connectivity index (χ1) is 13.5. The van der Waals surface area contributed by atoms with Gasteiger partial charge in [-0.2, -0.15) is 0 Å². The van der Waals surface area contributed by atoms with Gasteiger partial charge in [0.05, 0.1) is 18.8 Å². The molecule has 0 aliphatic rings. The van der Waals surface area contributed by atoms with Crippen LogP contribution >= 0.6 is 7.60 Å². The molecule has 0 spiro atoms. The van der Waals surface area contributed by atoms with E-state index in [4.69, 9.17) is 9.05 Å². The summed E-state index contributed by atoms with van der Waals surface area (Å²) in [7, 11) is -3.67. The minimum absolute atomic E-state index is 0.203. The summed E-state index contributed by atoms with van der Waals surface area (Å²) in [6.45, 7) is 5.87. The van der Waals surface area contributed by atoms with E-state index in [0.29, 0.717) is 11.1 Å². The molecule has 3 aromatic rings. The van der Waals surface area contributed by atoms with Crippen molar-refractivity contribution in [2.45, 2.75) is 26.6 Å². The molecule has 3 rings (SSSR count). The summed E-state index contributed by atoms with van der Waals surface area (Å²) in [6, 6.07) is 16.8. The number of para-hydroxylation sites is 1. The number of anilines is 1. The van der Waals surface area contributed by atoms with Gasteiger partial charge in [0.25, 0.3) is 5.56 Å². The van der Waals surface area contributed by atoms with Gasteiger partial charge in [0.2, 0.25) is 0 Å². The molecule has 0 radical (unpaired) electrons. The van der Waals surface area contributed by atoms with Crippen molar-refractivity contribution < 1.29 is 13.6 Å². The van der Waals surface area contributed by atoms with Crippen LogP contribution in [0.15, 0.2) is 59.4 Å². The third-order valence-corrected chi connectivity index (χ3v) is 6.61. The zero-order valence-corrected chi connectivity index (χ0v) is 17.2. The second kappa shape index (κ2) is 8.74. The highest BCUT2D eigenvalue weighted by Crippen LogP contribution is 2.60. The molecule has 0 fully saturated rings. The van der Waals surface area contributed by atoms with Gasteiger partial charge < -0.3 is 19.3 Å². The molecule has 0 aliphatic heterocycles. The molecule has 28 heavy (non-hydrogen) atoms. The van der Waals surface area contributed by atoms with Crippen LogP contribution in [0.2, 0.25) is 0 Å². The van der Waals surface area contributed by atoms with Crippen LogP contribution in [0.3, 0.4) is 0 Å². The van der Waals surface area contributed by atoms with E-state index in [9.17, 15) is 9.36 Å². The van der Waals surface area contributed by atoms with Gasteiger partial charge in [-0.3, -0.25) is 9.36 Å². The number of H-pyrrole nitrogens is 1. The SMILES string of the molecule is CCOP(=O)(OCC)C(Nc1cccc(C)c1)c1cc2ccccc2[nH]c1=O. The quantitative estimate of drug-likeness (QED) is 0.507. The minimum atomic E-state index is -3.67. The van der Waals surface area contributed by atoms with Crippen LogP contribution in [0, 0.1) is 6.92 Å². The number of aromatic amines is 1. The Kier molecular flexibility index (Phi) is 6.35. The molecule has 2 N–H and O–H groups in total. The number of benzene rings is 2. The van der Waals surface area contributed by atoms with Crippen LogP contribution in [-0.4, -0.2) is 18.2 Å². The average molecular weight is 400 g/mol. The maximum Gasteiger partial charge on any atom is 0.357 e. The van der Waals surface area contributed by atoms with Gasteiger partial charge in [-0.15, -0.1) is 0 Å². The molecule has 2 aromatic carbocycles. The topological polar surface area (TPSA) is 80.4 Å². The van der Waals surface area contributed by atoms with Crippen molar-refractivity contribution in [3.8, 4) is 0 Å². The van der Waals surface area contributed by atoms with E-state index in [0.717, 1.165) is 16.6 Å². The van der Waals surface area contributed by atoms with Crippen LogP contribution in [0.4, 0.5) is 5.69 Å². The number of hydrogen-bond donors (Lipinski definition) is 2. The molecular weight excluding hydrogens is 375 g/mol. The first-order valence-electron chi connectivity index (χ1n) is 9.31. The molecule has 0 amide bonds. The molecular formula is C21H25N2O4P. The lowest BCUT2D eigenvalue weighted by Crippen LogP contribution is -2.23. The monoisotopic (exact) mass is 400 g/mol. The van der Waals surface area contributed by atoms with Crippen LogP contribution in [0.1, 0.15) is 30.8 Å². The molecule has 7 heteroatoms. The van der Waals surface area contributed by atoms with E-state index in [1.807, 2.05) is 55.5 Å². The lowest BCUT2D eigenvalue weighted by Gasteiger charge is -2.28. The molecule has 0 bridgehead atoms. The number of fused-ring (bicyclic) bond motifs is 1. The summed E-state index contributed by atoms with van der Waals surface area (Å²) in [5.41, 5.74) is 2.47. The zero-order valence-electron chi connectivity index (χ0n) is 16.3. The Bertz CT molecular complexity index is 1050. The molecule has 1 heterocycles. The number of aromatic nitrogens is 1. The van der Waals surface area contributed by atoms with E-state index < -0.39 is 13.4 Å². The van der Waals surface area contributed by atoms with E-state index in [1.165, 1.54) is 0 Å². The lowest BCUT2D eigenvalue weighted by molar-refractivity contribution is 0.214. The number of nitrogens with one attached hydrogen (secondary N) is 2. The number of pyridine rings is 1. The van der Waals surface area contributed by atoms with Crippen LogP contribution in [0.5, 0.6) is 0 Å². The highest BCUT2D eigenvalue weighted by molar-refractivity contribution is 7.54. The van der Waals surface area contributed by atoms with Gasteiger partial charge in [0.15, 0.2) is 5.78 Å². The Morgan fingerprint density at radius 2 is 1.75 bits per heavy atom. The molecule has 6 nitrogen and oxygen atoms in total.